The lowest BCUT2D eigenvalue weighted by Crippen LogP contribution is -2.32. The van der Waals surface area contributed by atoms with Gasteiger partial charge >= 0.3 is 6.03 Å². The van der Waals surface area contributed by atoms with Gasteiger partial charge in [-0.1, -0.05) is 19.9 Å². The fourth-order valence-electron chi connectivity index (χ4n) is 2.04. The van der Waals surface area contributed by atoms with Gasteiger partial charge in [-0.3, -0.25) is 0 Å². The van der Waals surface area contributed by atoms with Crippen LogP contribution in [0.25, 0.3) is 0 Å². The van der Waals surface area contributed by atoms with Crippen molar-refractivity contribution in [1.82, 2.24) is 10.2 Å². The Labute approximate surface area is 122 Å². The molecule has 0 unspecified atom stereocenters. The molecule has 20 heavy (non-hydrogen) atoms. The van der Waals surface area contributed by atoms with E-state index in [0.29, 0.717) is 6.54 Å². The highest BCUT2D eigenvalue weighted by Crippen LogP contribution is 2.13. The van der Waals surface area contributed by atoms with Gasteiger partial charge in [0.1, 0.15) is 0 Å². The van der Waals surface area contributed by atoms with Gasteiger partial charge in [0.25, 0.3) is 0 Å². The minimum absolute atomic E-state index is 0.132. The summed E-state index contributed by atoms with van der Waals surface area (Å²) in [5.41, 5.74) is 3.26. The molecule has 0 spiro atoms. The number of hydrogen-bond donors (Lipinski definition) is 2. The molecular weight excluding hydrogens is 250 g/mol. The molecule has 2 N–H and O–H groups in total. The zero-order chi connectivity index (χ0) is 15.0. The minimum atomic E-state index is -0.132. The van der Waals surface area contributed by atoms with Gasteiger partial charge in [0.05, 0.1) is 0 Å². The number of carbonyl (C=O) groups excluding carboxylic acids is 1. The largest absolute Gasteiger partial charge is 0.338 e. The van der Waals surface area contributed by atoms with Crippen LogP contribution in [0.15, 0.2) is 18.2 Å². The minimum Gasteiger partial charge on any atom is -0.338 e. The van der Waals surface area contributed by atoms with E-state index >= 15 is 0 Å². The maximum Gasteiger partial charge on any atom is 0.319 e. The summed E-state index contributed by atoms with van der Waals surface area (Å²) < 4.78 is 0. The molecule has 1 rings (SSSR count). The fourth-order valence-corrected chi connectivity index (χ4v) is 2.04. The highest BCUT2D eigenvalue weighted by atomic mass is 16.2. The average molecular weight is 277 g/mol. The summed E-state index contributed by atoms with van der Waals surface area (Å²) in [7, 11) is 0. The smallest absolute Gasteiger partial charge is 0.319 e. The maximum atomic E-state index is 11.8. The third kappa shape index (κ3) is 5.61. The lowest BCUT2D eigenvalue weighted by molar-refractivity contribution is 0.250. The van der Waals surface area contributed by atoms with Crippen molar-refractivity contribution >= 4 is 11.7 Å². The summed E-state index contributed by atoms with van der Waals surface area (Å²) in [6.45, 7) is 12.3. The molecule has 0 heterocycles. The van der Waals surface area contributed by atoms with Crippen LogP contribution in [0.2, 0.25) is 0 Å². The summed E-state index contributed by atoms with van der Waals surface area (Å²) in [6, 6.07) is 5.81. The van der Waals surface area contributed by atoms with Crippen molar-refractivity contribution in [3.63, 3.8) is 0 Å². The third-order valence-electron chi connectivity index (χ3n) is 3.60. The number of anilines is 1. The molecular formula is C16H27N3O. The summed E-state index contributed by atoms with van der Waals surface area (Å²) >= 11 is 0. The second-order valence-electron chi connectivity index (χ2n) is 5.06. The van der Waals surface area contributed by atoms with Crippen molar-refractivity contribution in [3.05, 3.63) is 29.3 Å². The predicted octanol–water partition coefficient (Wildman–Crippen LogP) is 3.16. The van der Waals surface area contributed by atoms with Crippen LogP contribution in [-0.2, 0) is 0 Å². The van der Waals surface area contributed by atoms with Crippen molar-refractivity contribution in [2.45, 2.75) is 34.1 Å². The Kier molecular flexibility index (Phi) is 7.09. The molecule has 1 aromatic carbocycles. The van der Waals surface area contributed by atoms with E-state index in [4.69, 9.17) is 0 Å². The number of rotatable bonds is 7. The fraction of sp³-hybridized carbons (Fsp3) is 0.562. The molecule has 0 fully saturated rings. The number of nitrogens with zero attached hydrogens (tertiary/aromatic N) is 1. The van der Waals surface area contributed by atoms with E-state index in [1.165, 1.54) is 11.1 Å². The molecule has 0 aromatic heterocycles. The van der Waals surface area contributed by atoms with Crippen LogP contribution in [0, 0.1) is 13.8 Å². The van der Waals surface area contributed by atoms with Crippen LogP contribution in [0.4, 0.5) is 10.5 Å². The van der Waals surface area contributed by atoms with E-state index in [9.17, 15) is 4.79 Å². The summed E-state index contributed by atoms with van der Waals surface area (Å²) in [5.74, 6) is 0. The van der Waals surface area contributed by atoms with Gasteiger partial charge in [0.15, 0.2) is 0 Å². The molecule has 0 saturated carbocycles. The van der Waals surface area contributed by atoms with Gasteiger partial charge in [-0.2, -0.15) is 0 Å². The van der Waals surface area contributed by atoms with E-state index in [0.717, 1.165) is 31.7 Å². The quantitative estimate of drug-likeness (QED) is 0.752. The SMILES string of the molecule is CCN(CC)CCCNC(=O)Nc1ccc(C)c(C)c1. The Balaban J connectivity index is 2.28. The first-order chi connectivity index (χ1) is 9.56. The van der Waals surface area contributed by atoms with Crippen LogP contribution in [-0.4, -0.2) is 37.1 Å². The number of aryl methyl sites for hydroxylation is 2. The molecule has 1 aromatic rings. The van der Waals surface area contributed by atoms with Crippen molar-refractivity contribution in [2.75, 3.05) is 31.5 Å². The lowest BCUT2D eigenvalue weighted by Gasteiger charge is -2.17. The first kappa shape index (κ1) is 16.5. The van der Waals surface area contributed by atoms with Crippen molar-refractivity contribution in [2.24, 2.45) is 0 Å². The Bertz CT molecular complexity index is 428. The van der Waals surface area contributed by atoms with Crippen LogP contribution in [0.3, 0.4) is 0 Å². The van der Waals surface area contributed by atoms with Crippen LogP contribution in [0.1, 0.15) is 31.4 Å². The molecule has 2 amide bonds. The number of amides is 2. The van der Waals surface area contributed by atoms with Crippen LogP contribution in [0.5, 0.6) is 0 Å². The third-order valence-corrected chi connectivity index (χ3v) is 3.60. The van der Waals surface area contributed by atoms with E-state index in [-0.39, 0.29) is 6.03 Å². The monoisotopic (exact) mass is 277 g/mol. The predicted molar refractivity (Wildman–Crippen MR) is 85.3 cm³/mol. The van der Waals surface area contributed by atoms with Crippen LogP contribution < -0.4 is 10.6 Å². The van der Waals surface area contributed by atoms with Crippen molar-refractivity contribution in [1.29, 1.82) is 0 Å². The van der Waals surface area contributed by atoms with E-state index < -0.39 is 0 Å². The van der Waals surface area contributed by atoms with Crippen molar-refractivity contribution < 1.29 is 4.79 Å². The molecule has 0 bridgehead atoms. The second-order valence-corrected chi connectivity index (χ2v) is 5.06. The van der Waals surface area contributed by atoms with Crippen LogP contribution >= 0.6 is 0 Å². The average Bonchev–Trinajstić information content (AvgIpc) is 2.43. The topological polar surface area (TPSA) is 44.4 Å². The molecule has 0 aliphatic heterocycles. The molecule has 4 heteroatoms. The second kappa shape index (κ2) is 8.59. The molecule has 0 saturated heterocycles. The summed E-state index contributed by atoms with van der Waals surface area (Å²) in [6.07, 6.45) is 0.974. The number of hydrogen-bond acceptors (Lipinski definition) is 2. The van der Waals surface area contributed by atoms with E-state index in [1.807, 2.05) is 25.1 Å². The normalized spacial score (nSPS) is 10.7. The Hall–Kier alpha value is -1.55. The Morgan fingerprint density at radius 2 is 1.85 bits per heavy atom. The number of urea groups is 1. The molecule has 4 nitrogen and oxygen atoms in total. The first-order valence-electron chi connectivity index (χ1n) is 7.41. The zero-order valence-corrected chi connectivity index (χ0v) is 13.1. The van der Waals surface area contributed by atoms with Gasteiger partial charge in [0.2, 0.25) is 0 Å². The molecule has 0 atom stereocenters. The van der Waals surface area contributed by atoms with E-state index in [1.54, 1.807) is 0 Å². The Morgan fingerprint density at radius 3 is 2.45 bits per heavy atom. The summed E-state index contributed by atoms with van der Waals surface area (Å²) in [4.78, 5) is 14.1. The number of nitrogens with one attached hydrogen (secondary N) is 2. The zero-order valence-electron chi connectivity index (χ0n) is 13.1. The maximum absolute atomic E-state index is 11.8. The van der Waals surface area contributed by atoms with Gasteiger partial charge in [0, 0.05) is 12.2 Å². The highest BCUT2D eigenvalue weighted by molar-refractivity contribution is 5.89. The van der Waals surface area contributed by atoms with Gasteiger partial charge in [-0.05, 0) is 63.2 Å². The summed E-state index contributed by atoms with van der Waals surface area (Å²) in [5, 5.41) is 5.75. The highest BCUT2D eigenvalue weighted by Gasteiger charge is 2.03. The first-order valence-corrected chi connectivity index (χ1v) is 7.41. The Morgan fingerprint density at radius 1 is 1.15 bits per heavy atom. The van der Waals surface area contributed by atoms with E-state index in [2.05, 4.69) is 36.3 Å². The van der Waals surface area contributed by atoms with Gasteiger partial charge in [-0.25, -0.2) is 4.79 Å². The number of carbonyl (C=O) groups is 1. The molecule has 0 aliphatic rings. The van der Waals surface area contributed by atoms with Gasteiger partial charge < -0.3 is 15.5 Å². The molecule has 0 radical (unpaired) electrons. The van der Waals surface area contributed by atoms with Gasteiger partial charge in [-0.15, -0.1) is 0 Å². The molecule has 112 valence electrons. The lowest BCUT2D eigenvalue weighted by atomic mass is 10.1. The van der Waals surface area contributed by atoms with Crippen molar-refractivity contribution in [3.8, 4) is 0 Å². The number of benzene rings is 1. The standard InChI is InChI=1S/C16H27N3O/c1-5-19(6-2)11-7-10-17-16(20)18-15-9-8-13(3)14(4)12-15/h8-9,12H,5-7,10-11H2,1-4H3,(H2,17,18,20). The molecule has 0 aliphatic carbocycles.